The minimum atomic E-state index is -0.211. The first kappa shape index (κ1) is 10.5. The zero-order valence-corrected chi connectivity index (χ0v) is 10.00. The number of nitrogens with one attached hydrogen (secondary N) is 1. The normalized spacial score (nSPS) is 16.6. The maximum atomic E-state index is 12.0. The van der Waals surface area contributed by atoms with Crippen LogP contribution in [0.1, 0.15) is 17.2 Å². The molecule has 3 aromatic rings. The number of aromatic amines is 1. The third kappa shape index (κ3) is 1.22. The van der Waals surface area contributed by atoms with Crippen molar-refractivity contribution in [2.45, 2.75) is 5.92 Å². The molecule has 1 aliphatic carbocycles. The maximum absolute atomic E-state index is 12.0. The van der Waals surface area contributed by atoms with Crippen LogP contribution in [-0.4, -0.2) is 26.1 Å². The van der Waals surface area contributed by atoms with E-state index < -0.39 is 0 Å². The molecule has 2 heterocycles. The SMILES string of the molecule is O=c1[nH]c2c(n3ccnc13)C(CO)c1ccccc1-2. The summed E-state index contributed by atoms with van der Waals surface area (Å²) < 4.78 is 1.77. The smallest absolute Gasteiger partial charge is 0.292 e. The van der Waals surface area contributed by atoms with Crippen LogP contribution in [0.4, 0.5) is 0 Å². The Labute approximate surface area is 108 Å². The van der Waals surface area contributed by atoms with Crippen LogP contribution in [0.15, 0.2) is 41.5 Å². The number of fused-ring (bicyclic) bond motifs is 5. The highest BCUT2D eigenvalue weighted by atomic mass is 16.3. The Hall–Kier alpha value is -2.40. The number of nitrogens with zero attached hydrogens (tertiary/aromatic N) is 2. The number of aromatic nitrogens is 3. The molecule has 19 heavy (non-hydrogen) atoms. The predicted octanol–water partition coefficient (Wildman–Crippen LogP) is 1.13. The van der Waals surface area contributed by atoms with Crippen molar-refractivity contribution in [2.75, 3.05) is 6.61 Å². The molecule has 5 nitrogen and oxygen atoms in total. The molecule has 0 fully saturated rings. The Morgan fingerprint density at radius 3 is 3.05 bits per heavy atom. The molecule has 0 amide bonds. The fourth-order valence-electron chi connectivity index (χ4n) is 2.93. The molecule has 0 saturated carbocycles. The van der Waals surface area contributed by atoms with Crippen LogP contribution >= 0.6 is 0 Å². The summed E-state index contributed by atoms with van der Waals surface area (Å²) in [5.74, 6) is -0.125. The van der Waals surface area contributed by atoms with E-state index in [-0.39, 0.29) is 18.1 Å². The molecular formula is C14H11N3O2. The van der Waals surface area contributed by atoms with Gasteiger partial charge in [-0.15, -0.1) is 0 Å². The quantitative estimate of drug-likeness (QED) is 0.683. The molecule has 1 unspecified atom stereocenters. The van der Waals surface area contributed by atoms with Crippen LogP contribution in [0, 0.1) is 0 Å². The van der Waals surface area contributed by atoms with Gasteiger partial charge in [0.25, 0.3) is 5.56 Å². The van der Waals surface area contributed by atoms with Gasteiger partial charge in [-0.25, -0.2) is 4.98 Å². The number of imidazole rings is 1. The Bertz CT molecular complexity index is 847. The molecule has 94 valence electrons. The minimum Gasteiger partial charge on any atom is -0.395 e. The second-order valence-electron chi connectivity index (χ2n) is 4.66. The van der Waals surface area contributed by atoms with Crippen molar-refractivity contribution in [1.82, 2.24) is 14.4 Å². The fraction of sp³-hybridized carbons (Fsp3) is 0.143. The maximum Gasteiger partial charge on any atom is 0.292 e. The number of benzene rings is 1. The summed E-state index contributed by atoms with van der Waals surface area (Å²) in [5.41, 5.74) is 3.85. The van der Waals surface area contributed by atoms with Crippen molar-refractivity contribution in [1.29, 1.82) is 0 Å². The van der Waals surface area contributed by atoms with E-state index in [0.717, 1.165) is 22.5 Å². The van der Waals surface area contributed by atoms with E-state index in [1.54, 1.807) is 16.8 Å². The first-order valence-corrected chi connectivity index (χ1v) is 6.10. The van der Waals surface area contributed by atoms with Gasteiger partial charge in [0.05, 0.1) is 23.9 Å². The van der Waals surface area contributed by atoms with Gasteiger partial charge in [0.15, 0.2) is 0 Å². The predicted molar refractivity (Wildman–Crippen MR) is 70.2 cm³/mol. The van der Waals surface area contributed by atoms with Crippen LogP contribution < -0.4 is 5.56 Å². The van der Waals surface area contributed by atoms with E-state index in [0.29, 0.717) is 5.65 Å². The molecule has 0 aliphatic heterocycles. The second-order valence-corrected chi connectivity index (χ2v) is 4.66. The molecule has 2 N–H and O–H groups in total. The summed E-state index contributed by atoms with van der Waals surface area (Å²) in [5, 5.41) is 9.70. The minimum absolute atomic E-state index is 0.00331. The zero-order chi connectivity index (χ0) is 13.0. The highest BCUT2D eigenvalue weighted by Crippen LogP contribution is 2.42. The standard InChI is InChI=1S/C14H11N3O2/c18-7-10-8-3-1-2-4-9(8)11-12(10)17-6-5-15-13(17)14(19)16-11/h1-6,10,18H,7H2,(H,16,19). The van der Waals surface area contributed by atoms with Gasteiger partial charge in [-0.05, 0) is 5.56 Å². The highest BCUT2D eigenvalue weighted by Gasteiger charge is 2.31. The van der Waals surface area contributed by atoms with Crippen molar-refractivity contribution in [2.24, 2.45) is 0 Å². The van der Waals surface area contributed by atoms with Gasteiger partial charge in [0, 0.05) is 18.0 Å². The largest absolute Gasteiger partial charge is 0.395 e. The lowest BCUT2D eigenvalue weighted by atomic mass is 10.0. The molecule has 1 aromatic carbocycles. The lowest BCUT2D eigenvalue weighted by Gasteiger charge is -2.11. The monoisotopic (exact) mass is 253 g/mol. The summed E-state index contributed by atoms with van der Waals surface area (Å²) in [6.07, 6.45) is 3.36. The Morgan fingerprint density at radius 2 is 2.21 bits per heavy atom. The Balaban J connectivity index is 2.19. The first-order chi connectivity index (χ1) is 9.31. The van der Waals surface area contributed by atoms with Crippen LogP contribution in [0.25, 0.3) is 16.9 Å². The average Bonchev–Trinajstić information content (AvgIpc) is 3.01. The van der Waals surface area contributed by atoms with E-state index in [4.69, 9.17) is 0 Å². The number of H-pyrrole nitrogens is 1. The van der Waals surface area contributed by atoms with Crippen molar-refractivity contribution in [3.63, 3.8) is 0 Å². The summed E-state index contributed by atoms with van der Waals surface area (Å²) in [6.45, 7) is 0.00331. The van der Waals surface area contributed by atoms with Crippen molar-refractivity contribution in [3.8, 4) is 11.3 Å². The molecule has 0 saturated heterocycles. The van der Waals surface area contributed by atoms with Crippen LogP contribution in [0.2, 0.25) is 0 Å². The van der Waals surface area contributed by atoms with Gasteiger partial charge < -0.3 is 10.1 Å². The lowest BCUT2D eigenvalue weighted by molar-refractivity contribution is 0.280. The third-order valence-electron chi connectivity index (χ3n) is 3.72. The molecule has 1 atom stereocenters. The van der Waals surface area contributed by atoms with E-state index in [2.05, 4.69) is 9.97 Å². The molecule has 0 spiro atoms. The number of hydrogen-bond acceptors (Lipinski definition) is 3. The van der Waals surface area contributed by atoms with Gasteiger partial charge in [0.1, 0.15) is 0 Å². The molecule has 4 rings (SSSR count). The molecular weight excluding hydrogens is 242 g/mol. The second kappa shape index (κ2) is 3.55. The number of aliphatic hydroxyl groups excluding tert-OH is 1. The Kier molecular flexibility index (Phi) is 1.97. The lowest BCUT2D eigenvalue weighted by Crippen LogP contribution is -2.15. The molecule has 0 bridgehead atoms. The Morgan fingerprint density at radius 1 is 1.37 bits per heavy atom. The molecule has 5 heteroatoms. The molecule has 2 aromatic heterocycles. The van der Waals surface area contributed by atoms with Gasteiger partial charge >= 0.3 is 0 Å². The van der Waals surface area contributed by atoms with E-state index in [1.165, 1.54) is 0 Å². The van der Waals surface area contributed by atoms with Crippen molar-refractivity contribution >= 4 is 5.65 Å². The summed E-state index contributed by atoms with van der Waals surface area (Å²) >= 11 is 0. The highest BCUT2D eigenvalue weighted by molar-refractivity contribution is 5.75. The fourth-order valence-corrected chi connectivity index (χ4v) is 2.93. The molecule has 1 aliphatic rings. The van der Waals surface area contributed by atoms with Gasteiger partial charge in [0.2, 0.25) is 5.65 Å². The number of aliphatic hydroxyl groups is 1. The van der Waals surface area contributed by atoms with Gasteiger partial charge in [-0.1, -0.05) is 24.3 Å². The van der Waals surface area contributed by atoms with E-state index >= 15 is 0 Å². The van der Waals surface area contributed by atoms with E-state index in [1.807, 2.05) is 24.3 Å². The average molecular weight is 253 g/mol. The number of hydrogen-bond donors (Lipinski definition) is 2. The molecule has 0 radical (unpaired) electrons. The van der Waals surface area contributed by atoms with Gasteiger partial charge in [-0.2, -0.15) is 0 Å². The van der Waals surface area contributed by atoms with Gasteiger partial charge in [-0.3, -0.25) is 9.20 Å². The van der Waals surface area contributed by atoms with E-state index in [9.17, 15) is 9.90 Å². The van der Waals surface area contributed by atoms with Crippen LogP contribution in [-0.2, 0) is 0 Å². The summed E-state index contributed by atoms with van der Waals surface area (Å²) in [4.78, 5) is 19.0. The number of rotatable bonds is 1. The zero-order valence-electron chi connectivity index (χ0n) is 10.00. The topological polar surface area (TPSA) is 70.4 Å². The third-order valence-corrected chi connectivity index (χ3v) is 3.72. The van der Waals surface area contributed by atoms with Crippen molar-refractivity contribution < 1.29 is 5.11 Å². The van der Waals surface area contributed by atoms with Crippen LogP contribution in [0.3, 0.4) is 0 Å². The summed E-state index contributed by atoms with van der Waals surface area (Å²) in [7, 11) is 0. The van der Waals surface area contributed by atoms with Crippen LogP contribution in [0.5, 0.6) is 0 Å². The first-order valence-electron chi connectivity index (χ1n) is 6.10. The van der Waals surface area contributed by atoms with Crippen molar-refractivity contribution in [3.05, 3.63) is 58.3 Å². The summed E-state index contributed by atoms with van der Waals surface area (Å²) in [6, 6.07) is 7.81.